The Hall–Kier alpha value is -3.40. The molecule has 0 radical (unpaired) electrons. The van der Waals surface area contributed by atoms with E-state index in [1.54, 1.807) is 23.7 Å². The number of allylic oxidation sites excluding steroid dienone is 1. The summed E-state index contributed by atoms with van der Waals surface area (Å²) in [6, 6.07) is 5.70. The number of hydrogen-bond acceptors (Lipinski definition) is 6. The molecule has 1 atom stereocenters. The van der Waals surface area contributed by atoms with Crippen LogP contribution in [0.2, 0.25) is 0 Å². The number of fused-ring (bicyclic) bond motifs is 2. The van der Waals surface area contributed by atoms with Gasteiger partial charge in [0.15, 0.2) is 5.65 Å². The number of nitrogens with one attached hydrogen (secondary N) is 2. The summed E-state index contributed by atoms with van der Waals surface area (Å²) in [5.74, 6) is 1.04. The standard InChI is InChI=1S/C22H26F2N8/c1-4-5-6-15(11-25-3)28-22-26-12-19-16(9-10-32(19)30-22)17-7-8-18-21(29-17)31(13-20(23)24)14(2)27-18/h4,7-10,12,15,20,25H,1,5-6,11,13H2,2-3H3,(H,28,30). The van der Waals surface area contributed by atoms with Gasteiger partial charge in [0.2, 0.25) is 5.95 Å². The van der Waals surface area contributed by atoms with Crippen LogP contribution in [0.3, 0.4) is 0 Å². The van der Waals surface area contributed by atoms with Crippen LogP contribution in [0, 0.1) is 6.92 Å². The van der Waals surface area contributed by atoms with Gasteiger partial charge < -0.3 is 15.2 Å². The third-order valence-corrected chi connectivity index (χ3v) is 5.30. The van der Waals surface area contributed by atoms with Crippen molar-refractivity contribution in [2.24, 2.45) is 0 Å². The normalized spacial score (nSPS) is 12.7. The Balaban J connectivity index is 1.65. The van der Waals surface area contributed by atoms with Crippen LogP contribution < -0.4 is 10.6 Å². The van der Waals surface area contributed by atoms with Crippen molar-refractivity contribution >= 4 is 22.6 Å². The first-order valence-electron chi connectivity index (χ1n) is 10.5. The van der Waals surface area contributed by atoms with E-state index < -0.39 is 13.0 Å². The fourth-order valence-corrected chi connectivity index (χ4v) is 3.78. The van der Waals surface area contributed by atoms with Crippen LogP contribution >= 0.6 is 0 Å². The second-order valence-electron chi connectivity index (χ2n) is 7.61. The number of alkyl halides is 2. The molecule has 0 aromatic carbocycles. The molecule has 10 heteroatoms. The van der Waals surface area contributed by atoms with Gasteiger partial charge in [-0.25, -0.2) is 28.2 Å². The van der Waals surface area contributed by atoms with E-state index in [2.05, 4.69) is 37.3 Å². The smallest absolute Gasteiger partial charge is 0.256 e. The van der Waals surface area contributed by atoms with Crippen LogP contribution in [0.4, 0.5) is 14.7 Å². The van der Waals surface area contributed by atoms with E-state index in [4.69, 9.17) is 0 Å². The number of pyridine rings is 1. The molecular weight excluding hydrogens is 414 g/mol. The number of aryl methyl sites for hydroxylation is 1. The minimum absolute atomic E-state index is 0.174. The first-order valence-corrected chi connectivity index (χ1v) is 10.5. The molecule has 0 spiro atoms. The van der Waals surface area contributed by atoms with E-state index in [-0.39, 0.29) is 6.04 Å². The molecule has 168 valence electrons. The fraction of sp³-hybridized carbons (Fsp3) is 0.364. The number of aromatic nitrogens is 6. The van der Waals surface area contributed by atoms with Gasteiger partial charge >= 0.3 is 0 Å². The number of anilines is 1. The molecule has 0 aliphatic rings. The lowest BCUT2D eigenvalue weighted by Gasteiger charge is -2.17. The van der Waals surface area contributed by atoms with Crippen molar-refractivity contribution in [1.82, 2.24) is 34.4 Å². The molecule has 0 aliphatic carbocycles. The number of imidazole rings is 1. The zero-order chi connectivity index (χ0) is 22.7. The third-order valence-electron chi connectivity index (χ3n) is 5.30. The van der Waals surface area contributed by atoms with E-state index in [9.17, 15) is 8.78 Å². The van der Waals surface area contributed by atoms with Gasteiger partial charge in [-0.15, -0.1) is 11.7 Å². The number of likely N-dealkylation sites (N-methyl/N-ethyl adjacent to an activating group) is 1. The van der Waals surface area contributed by atoms with Crippen LogP contribution in [0.1, 0.15) is 18.7 Å². The fourth-order valence-electron chi connectivity index (χ4n) is 3.78. The van der Waals surface area contributed by atoms with Gasteiger partial charge in [0.25, 0.3) is 6.43 Å². The maximum absolute atomic E-state index is 13.0. The summed E-state index contributed by atoms with van der Waals surface area (Å²) in [6.45, 7) is 5.83. The highest BCUT2D eigenvalue weighted by Crippen LogP contribution is 2.26. The highest BCUT2D eigenvalue weighted by atomic mass is 19.3. The Bertz CT molecular complexity index is 1230. The second-order valence-corrected chi connectivity index (χ2v) is 7.61. The van der Waals surface area contributed by atoms with Crippen molar-refractivity contribution in [3.8, 4) is 11.3 Å². The monoisotopic (exact) mass is 440 g/mol. The molecule has 0 saturated heterocycles. The van der Waals surface area contributed by atoms with Crippen LogP contribution in [0.5, 0.6) is 0 Å². The van der Waals surface area contributed by atoms with E-state index in [0.29, 0.717) is 28.6 Å². The lowest BCUT2D eigenvalue weighted by molar-refractivity contribution is 0.127. The summed E-state index contributed by atoms with van der Waals surface area (Å²) in [6.07, 6.45) is 4.79. The Kier molecular flexibility index (Phi) is 6.40. The predicted octanol–water partition coefficient (Wildman–Crippen LogP) is 3.68. The van der Waals surface area contributed by atoms with Crippen LogP contribution in [-0.2, 0) is 6.54 Å². The zero-order valence-corrected chi connectivity index (χ0v) is 18.1. The first kappa shape index (κ1) is 21.8. The van der Waals surface area contributed by atoms with E-state index in [0.717, 1.165) is 30.5 Å². The molecule has 2 N–H and O–H groups in total. The summed E-state index contributed by atoms with van der Waals surface area (Å²) in [7, 11) is 1.91. The molecule has 1 unspecified atom stereocenters. The van der Waals surface area contributed by atoms with Gasteiger partial charge in [-0.1, -0.05) is 6.08 Å². The molecule has 4 aromatic rings. The minimum Gasteiger partial charge on any atom is -0.349 e. The number of hydrogen-bond donors (Lipinski definition) is 2. The lowest BCUT2D eigenvalue weighted by Crippen LogP contribution is -2.31. The van der Waals surface area contributed by atoms with E-state index in [1.807, 2.05) is 31.5 Å². The quantitative estimate of drug-likeness (QED) is 0.366. The molecule has 4 rings (SSSR count). The largest absolute Gasteiger partial charge is 0.349 e. The molecule has 8 nitrogen and oxygen atoms in total. The Labute approximate surface area is 184 Å². The van der Waals surface area contributed by atoms with Crippen molar-refractivity contribution < 1.29 is 8.78 Å². The predicted molar refractivity (Wildman–Crippen MR) is 121 cm³/mol. The Morgan fingerprint density at radius 1 is 1.22 bits per heavy atom. The molecular formula is C22H26F2N8. The molecule has 0 amide bonds. The Morgan fingerprint density at radius 3 is 2.81 bits per heavy atom. The SMILES string of the molecule is C=CCCC(CNC)Nc1ncc2c(-c3ccc4nc(C)n(CC(F)F)c4n3)ccn2n1. The van der Waals surface area contributed by atoms with Gasteiger partial charge in [-0.2, -0.15) is 0 Å². The van der Waals surface area contributed by atoms with Crippen LogP contribution in [-0.4, -0.2) is 55.2 Å². The topological polar surface area (TPSA) is 85.0 Å². The summed E-state index contributed by atoms with van der Waals surface area (Å²) in [5, 5.41) is 11.1. The Morgan fingerprint density at radius 2 is 2.06 bits per heavy atom. The summed E-state index contributed by atoms with van der Waals surface area (Å²) in [5.41, 5.74) is 3.28. The zero-order valence-electron chi connectivity index (χ0n) is 18.1. The highest BCUT2D eigenvalue weighted by Gasteiger charge is 2.16. The summed E-state index contributed by atoms with van der Waals surface area (Å²) in [4.78, 5) is 13.5. The molecule has 4 aromatic heterocycles. The molecule has 0 aliphatic heterocycles. The third kappa shape index (κ3) is 4.45. The lowest BCUT2D eigenvalue weighted by atomic mass is 10.1. The maximum atomic E-state index is 13.0. The van der Waals surface area contributed by atoms with Crippen molar-refractivity contribution in [2.45, 2.75) is 38.8 Å². The van der Waals surface area contributed by atoms with Crippen molar-refractivity contribution in [3.63, 3.8) is 0 Å². The molecule has 32 heavy (non-hydrogen) atoms. The minimum atomic E-state index is -2.48. The van der Waals surface area contributed by atoms with Crippen LogP contribution in [0.15, 0.2) is 43.2 Å². The number of rotatable bonds is 10. The number of halogens is 2. The highest BCUT2D eigenvalue weighted by molar-refractivity contribution is 5.82. The second kappa shape index (κ2) is 9.39. The van der Waals surface area contributed by atoms with Gasteiger partial charge in [0, 0.05) is 24.3 Å². The summed E-state index contributed by atoms with van der Waals surface area (Å²) < 4.78 is 29.2. The maximum Gasteiger partial charge on any atom is 0.256 e. The molecule has 0 saturated carbocycles. The number of nitrogens with zero attached hydrogens (tertiary/aromatic N) is 6. The first-order chi connectivity index (χ1) is 15.5. The van der Waals surface area contributed by atoms with Crippen molar-refractivity contribution in [1.29, 1.82) is 0 Å². The van der Waals surface area contributed by atoms with Gasteiger partial charge in [0.1, 0.15) is 11.3 Å². The van der Waals surface area contributed by atoms with Crippen molar-refractivity contribution in [2.75, 3.05) is 18.9 Å². The van der Waals surface area contributed by atoms with Gasteiger partial charge in [0.05, 0.1) is 24.0 Å². The molecule has 0 fully saturated rings. The van der Waals surface area contributed by atoms with E-state index >= 15 is 0 Å². The van der Waals surface area contributed by atoms with Crippen LogP contribution in [0.25, 0.3) is 27.9 Å². The van der Waals surface area contributed by atoms with Gasteiger partial charge in [-0.3, -0.25) is 0 Å². The molecule has 4 heterocycles. The van der Waals surface area contributed by atoms with Crippen molar-refractivity contribution in [3.05, 3.63) is 49.1 Å². The van der Waals surface area contributed by atoms with E-state index in [1.165, 1.54) is 4.57 Å². The van der Waals surface area contributed by atoms with Gasteiger partial charge in [-0.05, 0) is 45.0 Å². The average Bonchev–Trinajstić information content (AvgIpc) is 3.32. The average molecular weight is 441 g/mol. The molecule has 0 bridgehead atoms. The summed E-state index contributed by atoms with van der Waals surface area (Å²) >= 11 is 0.